The molecule has 8 nitrogen and oxygen atoms in total. The van der Waals surface area contributed by atoms with E-state index in [0.29, 0.717) is 10.8 Å². The van der Waals surface area contributed by atoms with Crippen molar-refractivity contribution in [2.75, 3.05) is 24.2 Å². The molecule has 0 radical (unpaired) electrons. The molecule has 0 aliphatic rings. The van der Waals surface area contributed by atoms with Crippen LogP contribution in [0.15, 0.2) is 42.5 Å². The maximum Gasteiger partial charge on any atom is 0.244 e. The van der Waals surface area contributed by atoms with Crippen molar-refractivity contribution in [2.45, 2.75) is 52.7 Å². The van der Waals surface area contributed by atoms with Crippen LogP contribution in [0.5, 0.6) is 5.75 Å². The highest BCUT2D eigenvalue weighted by Gasteiger charge is 2.31. The lowest BCUT2D eigenvalue weighted by atomic mass is 10.1. The van der Waals surface area contributed by atoms with Gasteiger partial charge in [0.05, 0.1) is 19.1 Å². The molecule has 0 aliphatic heterocycles. The standard InChI is InChI=1S/C25H34ClN3O5S/c1-17-11-12-20(14-22(17)26)29(35(7,32)33)16-23(30)28(18(2)24(31)27-25(3,4)5)15-19-9-8-10-21(13-19)34-6/h8-14,18H,15-16H2,1-7H3,(H,27,31). The second-order valence-corrected chi connectivity index (χ2v) is 11.8. The molecule has 1 N–H and O–H groups in total. The Morgan fingerprint density at radius 3 is 2.34 bits per heavy atom. The number of benzene rings is 2. The molecule has 10 heteroatoms. The van der Waals surface area contributed by atoms with Gasteiger partial charge in [-0.1, -0.05) is 29.8 Å². The normalized spacial score (nSPS) is 12.6. The van der Waals surface area contributed by atoms with E-state index in [2.05, 4.69) is 5.32 Å². The van der Waals surface area contributed by atoms with E-state index < -0.39 is 34.1 Å². The van der Waals surface area contributed by atoms with Crippen LogP contribution in [0.2, 0.25) is 5.02 Å². The molecule has 0 aliphatic carbocycles. The van der Waals surface area contributed by atoms with Gasteiger partial charge < -0.3 is 15.0 Å². The number of methoxy groups -OCH3 is 1. The first-order valence-electron chi connectivity index (χ1n) is 11.1. The monoisotopic (exact) mass is 523 g/mol. The zero-order chi connectivity index (χ0) is 26.6. The number of amides is 2. The van der Waals surface area contributed by atoms with Gasteiger partial charge in [0, 0.05) is 17.1 Å². The van der Waals surface area contributed by atoms with Crippen molar-refractivity contribution >= 4 is 39.1 Å². The van der Waals surface area contributed by atoms with Crippen LogP contribution in [0.4, 0.5) is 5.69 Å². The van der Waals surface area contributed by atoms with Gasteiger partial charge in [-0.25, -0.2) is 8.42 Å². The van der Waals surface area contributed by atoms with Crippen LogP contribution < -0.4 is 14.4 Å². The summed E-state index contributed by atoms with van der Waals surface area (Å²) in [5.41, 5.74) is 1.28. The van der Waals surface area contributed by atoms with E-state index in [1.165, 1.54) is 18.1 Å². The van der Waals surface area contributed by atoms with Crippen molar-refractivity contribution in [3.05, 3.63) is 58.6 Å². The van der Waals surface area contributed by atoms with Crippen molar-refractivity contribution in [1.82, 2.24) is 10.2 Å². The van der Waals surface area contributed by atoms with E-state index in [1.54, 1.807) is 44.2 Å². The third kappa shape index (κ3) is 8.14. The quantitative estimate of drug-likeness (QED) is 0.540. The van der Waals surface area contributed by atoms with Crippen LogP contribution in [0.25, 0.3) is 0 Å². The highest BCUT2D eigenvalue weighted by Crippen LogP contribution is 2.25. The number of carbonyl (C=O) groups excluding carboxylic acids is 2. The third-order valence-corrected chi connectivity index (χ3v) is 6.82. The number of nitrogens with one attached hydrogen (secondary N) is 1. The van der Waals surface area contributed by atoms with Crippen LogP contribution in [-0.2, 0) is 26.2 Å². The van der Waals surface area contributed by atoms with Crippen molar-refractivity contribution in [3.63, 3.8) is 0 Å². The Morgan fingerprint density at radius 2 is 1.80 bits per heavy atom. The van der Waals surface area contributed by atoms with Crippen LogP contribution in [0.1, 0.15) is 38.8 Å². The zero-order valence-electron chi connectivity index (χ0n) is 21.3. The maximum absolute atomic E-state index is 13.6. The van der Waals surface area contributed by atoms with E-state index in [4.69, 9.17) is 16.3 Å². The number of hydrogen-bond acceptors (Lipinski definition) is 5. The largest absolute Gasteiger partial charge is 0.497 e. The van der Waals surface area contributed by atoms with Gasteiger partial charge in [0.2, 0.25) is 21.8 Å². The minimum atomic E-state index is -3.83. The summed E-state index contributed by atoms with van der Waals surface area (Å²) < 4.78 is 31.5. The number of nitrogens with zero attached hydrogens (tertiary/aromatic N) is 2. The number of ether oxygens (including phenoxy) is 1. The fraction of sp³-hybridized carbons (Fsp3) is 0.440. The molecule has 0 spiro atoms. The number of anilines is 1. The molecule has 192 valence electrons. The Hall–Kier alpha value is -2.78. The fourth-order valence-electron chi connectivity index (χ4n) is 3.37. The Morgan fingerprint density at radius 1 is 1.14 bits per heavy atom. The lowest BCUT2D eigenvalue weighted by Gasteiger charge is -2.33. The summed E-state index contributed by atoms with van der Waals surface area (Å²) in [7, 11) is -2.29. The van der Waals surface area contributed by atoms with E-state index in [9.17, 15) is 18.0 Å². The average molecular weight is 524 g/mol. The van der Waals surface area contributed by atoms with Gasteiger partial charge in [0.1, 0.15) is 18.3 Å². The lowest BCUT2D eigenvalue weighted by Crippen LogP contribution is -2.54. The summed E-state index contributed by atoms with van der Waals surface area (Å²) in [6, 6.07) is 11.1. The smallest absolute Gasteiger partial charge is 0.244 e. The van der Waals surface area contributed by atoms with Gasteiger partial charge >= 0.3 is 0 Å². The number of sulfonamides is 1. The molecule has 2 amide bonds. The van der Waals surface area contributed by atoms with Crippen molar-refractivity contribution in [1.29, 1.82) is 0 Å². The predicted octanol–water partition coefficient (Wildman–Crippen LogP) is 3.76. The first-order chi connectivity index (χ1) is 16.1. The molecular formula is C25H34ClN3O5S. The second kappa shape index (κ2) is 11.3. The van der Waals surface area contributed by atoms with Crippen LogP contribution in [-0.4, -0.2) is 56.6 Å². The summed E-state index contributed by atoms with van der Waals surface area (Å²) in [6.45, 7) is 8.55. The first kappa shape index (κ1) is 28.5. The predicted molar refractivity (Wildman–Crippen MR) is 139 cm³/mol. The lowest BCUT2D eigenvalue weighted by molar-refractivity contribution is -0.140. The van der Waals surface area contributed by atoms with Gasteiger partial charge in [-0.2, -0.15) is 0 Å². The van der Waals surface area contributed by atoms with Gasteiger partial charge in [0.25, 0.3) is 0 Å². The molecule has 0 bridgehead atoms. The topological polar surface area (TPSA) is 96.0 Å². The molecule has 0 aromatic heterocycles. The van der Waals surface area contributed by atoms with Crippen molar-refractivity contribution in [3.8, 4) is 5.75 Å². The fourth-order valence-corrected chi connectivity index (χ4v) is 4.39. The number of rotatable bonds is 9. The summed E-state index contributed by atoms with van der Waals surface area (Å²) in [6.07, 6.45) is 1.02. The van der Waals surface area contributed by atoms with E-state index >= 15 is 0 Å². The molecule has 1 unspecified atom stereocenters. The average Bonchev–Trinajstić information content (AvgIpc) is 2.75. The van der Waals surface area contributed by atoms with Gasteiger partial charge in [0.15, 0.2) is 0 Å². The summed E-state index contributed by atoms with van der Waals surface area (Å²) in [5.74, 6) is -0.279. The number of carbonyl (C=O) groups is 2. The first-order valence-corrected chi connectivity index (χ1v) is 13.3. The second-order valence-electron chi connectivity index (χ2n) is 9.49. The minimum Gasteiger partial charge on any atom is -0.497 e. The van der Waals surface area contributed by atoms with E-state index in [0.717, 1.165) is 21.7 Å². The SMILES string of the molecule is COc1cccc(CN(C(=O)CN(c2ccc(C)c(Cl)c2)S(C)(=O)=O)C(C)C(=O)NC(C)(C)C)c1. The molecule has 0 saturated carbocycles. The van der Waals surface area contributed by atoms with Crippen LogP contribution in [0.3, 0.4) is 0 Å². The van der Waals surface area contributed by atoms with Crippen molar-refractivity contribution in [2.24, 2.45) is 0 Å². The van der Waals surface area contributed by atoms with Crippen LogP contribution >= 0.6 is 11.6 Å². The molecule has 2 rings (SSSR count). The molecular weight excluding hydrogens is 490 g/mol. The number of halogens is 1. The number of hydrogen-bond donors (Lipinski definition) is 1. The van der Waals surface area contributed by atoms with E-state index in [-0.39, 0.29) is 18.1 Å². The minimum absolute atomic E-state index is 0.0843. The molecule has 2 aromatic carbocycles. The Kier molecular flexibility index (Phi) is 9.19. The van der Waals surface area contributed by atoms with E-state index in [1.807, 2.05) is 26.8 Å². The van der Waals surface area contributed by atoms with Gasteiger partial charge in [-0.3, -0.25) is 13.9 Å². The Labute approximate surface area is 213 Å². The highest BCUT2D eigenvalue weighted by molar-refractivity contribution is 7.92. The molecule has 35 heavy (non-hydrogen) atoms. The molecule has 0 heterocycles. The molecule has 0 fully saturated rings. The van der Waals surface area contributed by atoms with Crippen LogP contribution in [0, 0.1) is 6.92 Å². The zero-order valence-corrected chi connectivity index (χ0v) is 22.8. The number of aryl methyl sites for hydroxylation is 1. The molecule has 2 aromatic rings. The van der Waals surface area contributed by atoms with Crippen molar-refractivity contribution < 1.29 is 22.7 Å². The summed E-state index contributed by atoms with van der Waals surface area (Å²) in [5, 5.41) is 3.27. The van der Waals surface area contributed by atoms with Gasteiger partial charge in [-0.15, -0.1) is 0 Å². The summed E-state index contributed by atoms with van der Waals surface area (Å²) >= 11 is 6.21. The van der Waals surface area contributed by atoms with Gasteiger partial charge in [-0.05, 0) is 70.0 Å². The Bertz CT molecular complexity index is 1180. The Balaban J connectivity index is 2.44. The third-order valence-electron chi connectivity index (χ3n) is 5.28. The maximum atomic E-state index is 13.6. The summed E-state index contributed by atoms with van der Waals surface area (Å²) in [4.78, 5) is 27.9. The molecule has 0 saturated heterocycles. The highest BCUT2D eigenvalue weighted by atomic mass is 35.5. The molecule has 1 atom stereocenters.